The molecule has 0 aliphatic rings. The van der Waals surface area contributed by atoms with Crippen LogP contribution in [0.4, 0.5) is 17.1 Å². The molecule has 0 radical (unpaired) electrons. The number of nitrogens with zero attached hydrogens (tertiary/aromatic N) is 2. The molecular weight excluding hydrogens is 569 g/mol. The Hall–Kier alpha value is -4.41. The van der Waals surface area contributed by atoms with Crippen LogP contribution in [0.3, 0.4) is 0 Å². The van der Waals surface area contributed by atoms with E-state index in [-0.39, 0.29) is 0 Å². The fourth-order valence-corrected chi connectivity index (χ4v) is 5.91. The minimum Gasteiger partial charge on any atom is -0.457 e. The summed E-state index contributed by atoms with van der Waals surface area (Å²) in [5.41, 5.74) is 10.8. The fraction of sp³-hybridized carbons (Fsp3) is 0.244. The highest BCUT2D eigenvalue weighted by molar-refractivity contribution is 7.77. The van der Waals surface area contributed by atoms with Crippen LogP contribution in [-0.4, -0.2) is 10.4 Å². The molecule has 0 fully saturated rings. The van der Waals surface area contributed by atoms with Gasteiger partial charge in [0, 0.05) is 35.3 Å². The summed E-state index contributed by atoms with van der Waals surface area (Å²) in [6.07, 6.45) is 1.05. The van der Waals surface area contributed by atoms with Gasteiger partial charge in [-0.05, 0) is 104 Å². The largest absolute Gasteiger partial charge is 0.457 e. The first-order valence-electron chi connectivity index (χ1n) is 15.9. The van der Waals surface area contributed by atoms with Gasteiger partial charge in [-0.1, -0.05) is 94.5 Å². The van der Waals surface area contributed by atoms with Gasteiger partial charge in [-0.3, -0.25) is 0 Å². The van der Waals surface area contributed by atoms with Crippen LogP contribution in [0, 0.1) is 20.8 Å². The number of hydrogen-bond acceptors (Lipinski definition) is 3. The van der Waals surface area contributed by atoms with Gasteiger partial charge in [0.1, 0.15) is 11.5 Å². The molecule has 45 heavy (non-hydrogen) atoms. The van der Waals surface area contributed by atoms with E-state index in [1.54, 1.807) is 0 Å². The molecule has 232 valence electrons. The Labute approximate surface area is 275 Å². The average Bonchev–Trinajstić information content (AvgIpc) is 3.34. The summed E-state index contributed by atoms with van der Waals surface area (Å²) in [6.45, 7) is 15.1. The van der Waals surface area contributed by atoms with Gasteiger partial charge in [0.2, 0.25) is 0 Å². The lowest BCUT2D eigenvalue weighted by molar-refractivity contribution is 0.467. The van der Waals surface area contributed by atoms with Crippen LogP contribution in [0.5, 0.6) is 11.5 Å². The zero-order valence-electron chi connectivity index (χ0n) is 28.0. The second-order valence-corrected chi connectivity index (χ2v) is 11.3. The maximum atomic E-state index is 6.62. The predicted octanol–water partition coefficient (Wildman–Crippen LogP) is 12.7. The number of hydrogen-bond donors (Lipinski definition) is 0. The number of rotatable bonds is 7. The molecule has 0 spiro atoms. The van der Waals surface area contributed by atoms with E-state index in [2.05, 4.69) is 166 Å². The van der Waals surface area contributed by atoms with Crippen LogP contribution in [0.2, 0.25) is 0 Å². The summed E-state index contributed by atoms with van der Waals surface area (Å²) in [6, 6.07) is 36.9. The third-order valence-electron chi connectivity index (χ3n) is 8.52. The molecule has 1 atom stereocenters. The predicted molar refractivity (Wildman–Crippen MR) is 201 cm³/mol. The van der Waals surface area contributed by atoms with E-state index in [0.717, 1.165) is 29.2 Å². The first-order chi connectivity index (χ1) is 21.9. The summed E-state index contributed by atoms with van der Waals surface area (Å²) in [7, 11) is 2.17. The van der Waals surface area contributed by atoms with Crippen LogP contribution in [0.25, 0.3) is 21.8 Å². The Morgan fingerprint density at radius 3 is 1.91 bits per heavy atom. The Morgan fingerprint density at radius 1 is 0.689 bits per heavy atom. The lowest BCUT2D eigenvalue weighted by atomic mass is 9.95. The molecule has 0 saturated carbocycles. The second kappa shape index (κ2) is 15.0. The quantitative estimate of drug-likeness (QED) is 0.167. The van der Waals surface area contributed by atoms with Crippen molar-refractivity contribution in [3.63, 3.8) is 0 Å². The molecule has 1 unspecified atom stereocenters. The zero-order chi connectivity index (χ0) is 32.7. The van der Waals surface area contributed by atoms with Crippen molar-refractivity contribution in [1.29, 1.82) is 0 Å². The van der Waals surface area contributed by atoms with E-state index in [1.165, 1.54) is 49.9 Å². The molecule has 6 rings (SSSR count). The fourth-order valence-electron chi connectivity index (χ4n) is 5.91. The highest BCUT2D eigenvalue weighted by atomic mass is 32.1. The van der Waals surface area contributed by atoms with Gasteiger partial charge in [-0.15, -0.1) is 0 Å². The molecule has 0 aliphatic heterocycles. The summed E-state index contributed by atoms with van der Waals surface area (Å²) in [5, 5.41) is 2.54. The van der Waals surface area contributed by atoms with Crippen molar-refractivity contribution in [3.8, 4) is 11.5 Å². The van der Waals surface area contributed by atoms with E-state index >= 15 is 0 Å². The minimum absolute atomic E-state index is 0.378. The van der Waals surface area contributed by atoms with Crippen LogP contribution < -0.4 is 9.64 Å². The monoisotopic (exact) mass is 614 g/mol. The lowest BCUT2D eigenvalue weighted by Gasteiger charge is -2.28. The molecule has 0 aliphatic carbocycles. The first kappa shape index (κ1) is 33.5. The number of fused-ring (bicyclic) bond motifs is 3. The van der Waals surface area contributed by atoms with Crippen molar-refractivity contribution in [3.05, 3.63) is 125 Å². The van der Waals surface area contributed by atoms with Gasteiger partial charge >= 0.3 is 0 Å². The third-order valence-corrected chi connectivity index (χ3v) is 8.52. The zero-order valence-corrected chi connectivity index (χ0v) is 28.8. The third kappa shape index (κ3) is 6.67. The summed E-state index contributed by atoms with van der Waals surface area (Å²) in [5.74, 6) is 5.06. The highest BCUT2D eigenvalue weighted by Crippen LogP contribution is 2.44. The molecule has 1 aromatic heterocycles. The van der Waals surface area contributed by atoms with Gasteiger partial charge in [-0.2, -0.15) is 0 Å². The Bertz CT molecular complexity index is 1890. The van der Waals surface area contributed by atoms with Crippen molar-refractivity contribution < 1.29 is 4.74 Å². The molecule has 3 nitrogen and oxygen atoms in total. The molecular formula is C41H46N2OS. The maximum Gasteiger partial charge on any atom is 0.133 e. The van der Waals surface area contributed by atoms with Gasteiger partial charge in [-0.25, -0.2) is 0 Å². The molecule has 0 bridgehead atoms. The number of aryl methyl sites for hydroxylation is 4. The number of para-hydroxylation sites is 3. The van der Waals surface area contributed by atoms with Crippen LogP contribution in [-0.2, 0) is 7.05 Å². The normalized spacial score (nSPS) is 11.3. The van der Waals surface area contributed by atoms with E-state index in [1.807, 2.05) is 19.9 Å². The number of ether oxygens (including phenoxy) is 1. The van der Waals surface area contributed by atoms with Crippen molar-refractivity contribution in [2.24, 2.45) is 7.05 Å². The highest BCUT2D eigenvalue weighted by Gasteiger charge is 2.21. The summed E-state index contributed by atoms with van der Waals surface area (Å²) in [4.78, 5) is 2.39. The second-order valence-electron chi connectivity index (χ2n) is 11.3. The number of anilines is 3. The topological polar surface area (TPSA) is 17.4 Å². The number of benzene rings is 5. The van der Waals surface area contributed by atoms with Crippen LogP contribution in [0.15, 0.2) is 103 Å². The summed E-state index contributed by atoms with van der Waals surface area (Å²) >= 11 is 3.83. The van der Waals surface area contributed by atoms with E-state index in [9.17, 15) is 0 Å². The minimum atomic E-state index is 0.378. The Morgan fingerprint density at radius 2 is 1.27 bits per heavy atom. The van der Waals surface area contributed by atoms with Gasteiger partial charge in [0.25, 0.3) is 0 Å². The van der Waals surface area contributed by atoms with Gasteiger partial charge < -0.3 is 14.2 Å². The number of aromatic nitrogens is 1. The van der Waals surface area contributed by atoms with E-state index in [0.29, 0.717) is 5.92 Å². The lowest BCUT2D eigenvalue weighted by Crippen LogP contribution is -2.12. The van der Waals surface area contributed by atoms with Gasteiger partial charge in [0.15, 0.2) is 0 Å². The van der Waals surface area contributed by atoms with Crippen LogP contribution >= 0.6 is 12.2 Å². The average molecular weight is 615 g/mol. The summed E-state index contributed by atoms with van der Waals surface area (Å²) < 4.78 is 8.93. The molecule has 0 N–H and O–H groups in total. The van der Waals surface area contributed by atoms with Crippen molar-refractivity contribution in [2.75, 3.05) is 4.90 Å². The molecule has 0 amide bonds. The van der Waals surface area contributed by atoms with Crippen molar-refractivity contribution in [1.82, 2.24) is 4.57 Å². The van der Waals surface area contributed by atoms with E-state index < -0.39 is 0 Å². The van der Waals surface area contributed by atoms with Crippen molar-refractivity contribution in [2.45, 2.75) is 60.8 Å². The molecule has 0 saturated heterocycles. The molecule has 6 aromatic rings. The van der Waals surface area contributed by atoms with Gasteiger partial charge in [0.05, 0.1) is 16.7 Å². The number of thiocarbonyl (C=S) groups is 1. The Kier molecular flexibility index (Phi) is 11.2. The smallest absolute Gasteiger partial charge is 0.133 e. The molecule has 4 heteroatoms. The SMILES string of the molecule is C=S.CC.CCC(C)c1cc2c3cc(C)c(N(c4ccccc4)c4ccccc4C)cc3n(C)c2cc1Oc1ccccc1C. The first-order valence-corrected chi connectivity index (χ1v) is 16.4. The maximum absolute atomic E-state index is 6.62. The molecule has 1 heterocycles. The van der Waals surface area contributed by atoms with E-state index in [4.69, 9.17) is 4.74 Å². The molecule has 5 aromatic carbocycles. The van der Waals surface area contributed by atoms with Crippen molar-refractivity contribution >= 4 is 57.0 Å². The Balaban J connectivity index is 0.00000111. The van der Waals surface area contributed by atoms with Crippen LogP contribution in [0.1, 0.15) is 62.3 Å². The standard InChI is InChI=1S/C38H38N2O.C2H6.CH2S/c1-7-25(2)30-22-32-31-21-28(5)34(40(29-17-9-8-10-18-29)33-19-13-11-15-26(33)3)23-35(31)39(6)36(32)24-38(30)41-37-20-14-12-16-27(37)4;2*1-2/h8-25H,7H2,1-6H3;1-2H3;1H2.